The number of ether oxygens (including phenoxy) is 1. The largest absolute Gasteiger partial charge is 0.466 e. The second-order valence-corrected chi connectivity index (χ2v) is 8.42. The first-order valence-corrected chi connectivity index (χ1v) is 12.6. The van der Waals surface area contributed by atoms with Gasteiger partial charge in [-0.05, 0) is 19.4 Å². The molecule has 1 N–H and O–H groups in total. The lowest BCUT2D eigenvalue weighted by Crippen LogP contribution is -2.31. The highest BCUT2D eigenvalue weighted by Crippen LogP contribution is 2.14. The number of hydrogen-bond acceptors (Lipinski definition) is 3. The summed E-state index contributed by atoms with van der Waals surface area (Å²) in [5, 5.41) is 3.45. The van der Waals surface area contributed by atoms with Crippen molar-refractivity contribution in [2.45, 2.75) is 142 Å². The second kappa shape index (κ2) is 22.7. The molecule has 1 unspecified atom stereocenters. The highest BCUT2D eigenvalue weighted by Gasteiger charge is 2.13. The number of hydrogen-bond donors (Lipinski definition) is 1. The molecule has 0 aromatic rings. The molecule has 0 bridgehead atoms. The molecule has 0 saturated carbocycles. The molecule has 0 aliphatic heterocycles. The molecule has 0 aromatic carbocycles. The zero-order valence-corrected chi connectivity index (χ0v) is 19.5. The van der Waals surface area contributed by atoms with Crippen molar-refractivity contribution in [3.63, 3.8) is 0 Å². The van der Waals surface area contributed by atoms with Crippen molar-refractivity contribution in [3.05, 3.63) is 0 Å². The normalized spacial score (nSPS) is 12.2. The molecule has 168 valence electrons. The molecule has 0 radical (unpaired) electrons. The molecule has 0 fully saturated rings. The van der Waals surface area contributed by atoms with Crippen molar-refractivity contribution in [3.8, 4) is 0 Å². The van der Waals surface area contributed by atoms with E-state index in [9.17, 15) is 4.79 Å². The topological polar surface area (TPSA) is 38.3 Å². The fraction of sp³-hybridized carbons (Fsp3) is 0.960. The minimum atomic E-state index is -0.0373. The van der Waals surface area contributed by atoms with Crippen LogP contribution in [0.3, 0.4) is 0 Å². The van der Waals surface area contributed by atoms with Crippen LogP contribution in [-0.4, -0.2) is 25.2 Å². The van der Waals surface area contributed by atoms with E-state index >= 15 is 0 Å². The minimum Gasteiger partial charge on any atom is -0.466 e. The number of unbranched alkanes of at least 4 members (excludes halogenated alkanes) is 14. The van der Waals surface area contributed by atoms with Crippen molar-refractivity contribution in [1.29, 1.82) is 0 Å². The third-order valence-corrected chi connectivity index (χ3v) is 5.57. The zero-order valence-electron chi connectivity index (χ0n) is 19.5. The van der Waals surface area contributed by atoms with E-state index < -0.39 is 0 Å². The van der Waals surface area contributed by atoms with Crippen LogP contribution in [-0.2, 0) is 9.53 Å². The van der Waals surface area contributed by atoms with Gasteiger partial charge in [-0.3, -0.25) is 4.79 Å². The van der Waals surface area contributed by atoms with Crippen LogP contribution in [0.1, 0.15) is 136 Å². The van der Waals surface area contributed by atoms with Crippen LogP contribution in [0.2, 0.25) is 0 Å². The molecule has 0 rings (SSSR count). The van der Waals surface area contributed by atoms with Crippen LogP contribution >= 0.6 is 0 Å². The van der Waals surface area contributed by atoms with E-state index in [-0.39, 0.29) is 12.0 Å². The summed E-state index contributed by atoms with van der Waals surface area (Å²) in [4.78, 5) is 11.9. The first-order chi connectivity index (χ1) is 13.7. The predicted octanol–water partition coefficient (Wildman–Crippen LogP) is 7.57. The number of esters is 1. The fourth-order valence-corrected chi connectivity index (χ4v) is 3.74. The maximum Gasteiger partial charge on any atom is 0.307 e. The quantitative estimate of drug-likeness (QED) is 0.151. The summed E-state index contributed by atoms with van der Waals surface area (Å²) in [7, 11) is 0. The Morgan fingerprint density at radius 1 is 0.679 bits per heavy atom. The Morgan fingerprint density at radius 2 is 1.14 bits per heavy atom. The molecule has 3 heteroatoms. The summed E-state index contributed by atoms with van der Waals surface area (Å²) in [5.41, 5.74) is 0. The van der Waals surface area contributed by atoms with E-state index in [0.717, 1.165) is 25.8 Å². The highest BCUT2D eigenvalue weighted by molar-refractivity contribution is 5.70. The van der Waals surface area contributed by atoms with Gasteiger partial charge in [0.05, 0.1) is 13.0 Å². The van der Waals surface area contributed by atoms with Crippen LogP contribution in [0.4, 0.5) is 0 Å². The summed E-state index contributed by atoms with van der Waals surface area (Å²) in [6, 6.07) is 0.288. The third-order valence-electron chi connectivity index (χ3n) is 5.57. The summed E-state index contributed by atoms with van der Waals surface area (Å²) < 4.78 is 5.30. The molecule has 0 saturated heterocycles. The van der Waals surface area contributed by atoms with Crippen LogP contribution < -0.4 is 5.32 Å². The molecular formula is C25H51NO2. The molecule has 1 atom stereocenters. The molecule has 0 amide bonds. The lowest BCUT2D eigenvalue weighted by atomic mass is 10.0. The average molecular weight is 398 g/mol. The van der Waals surface area contributed by atoms with Crippen molar-refractivity contribution in [2.75, 3.05) is 13.2 Å². The minimum absolute atomic E-state index is 0.0373. The number of rotatable bonds is 22. The monoisotopic (exact) mass is 397 g/mol. The van der Waals surface area contributed by atoms with E-state index in [1.54, 1.807) is 0 Å². The van der Waals surface area contributed by atoms with Crippen molar-refractivity contribution in [2.24, 2.45) is 0 Å². The van der Waals surface area contributed by atoms with Gasteiger partial charge in [-0.25, -0.2) is 0 Å². The van der Waals surface area contributed by atoms with Crippen LogP contribution in [0.25, 0.3) is 0 Å². The molecule has 3 nitrogen and oxygen atoms in total. The standard InChI is InChI=1S/C25H51NO2/c1-4-7-9-10-11-12-13-14-15-16-17-18-19-20-21-24(26-6-3)23-25(27)28-22-8-5-2/h24,26H,4-23H2,1-3H3. The van der Waals surface area contributed by atoms with Gasteiger partial charge in [-0.1, -0.05) is 117 Å². The predicted molar refractivity (Wildman–Crippen MR) is 123 cm³/mol. The highest BCUT2D eigenvalue weighted by atomic mass is 16.5. The first kappa shape index (κ1) is 27.4. The number of nitrogens with one attached hydrogen (secondary N) is 1. The van der Waals surface area contributed by atoms with Crippen molar-refractivity contribution >= 4 is 5.97 Å². The van der Waals surface area contributed by atoms with Gasteiger partial charge in [-0.2, -0.15) is 0 Å². The third kappa shape index (κ3) is 20.2. The Morgan fingerprint density at radius 3 is 1.61 bits per heavy atom. The lowest BCUT2D eigenvalue weighted by molar-refractivity contribution is -0.144. The molecule has 0 spiro atoms. The first-order valence-electron chi connectivity index (χ1n) is 12.6. The van der Waals surface area contributed by atoms with Gasteiger partial charge in [0.1, 0.15) is 0 Å². The SMILES string of the molecule is CCCCCCCCCCCCCCCCC(CC(=O)OCCCC)NCC. The van der Waals surface area contributed by atoms with E-state index in [1.165, 1.54) is 89.9 Å². The van der Waals surface area contributed by atoms with Gasteiger partial charge in [0.15, 0.2) is 0 Å². The summed E-state index contributed by atoms with van der Waals surface area (Å²) in [6.07, 6.45) is 23.1. The Hall–Kier alpha value is -0.570. The zero-order chi connectivity index (χ0) is 20.7. The van der Waals surface area contributed by atoms with Gasteiger partial charge >= 0.3 is 5.97 Å². The maximum atomic E-state index is 11.9. The van der Waals surface area contributed by atoms with Gasteiger partial charge in [0.25, 0.3) is 0 Å². The Kier molecular flexibility index (Phi) is 22.3. The number of carbonyl (C=O) groups is 1. The van der Waals surface area contributed by atoms with Gasteiger partial charge in [0.2, 0.25) is 0 Å². The lowest BCUT2D eigenvalue weighted by Gasteiger charge is -2.17. The Labute approximate surface area is 176 Å². The average Bonchev–Trinajstić information content (AvgIpc) is 2.68. The van der Waals surface area contributed by atoms with Crippen LogP contribution in [0.5, 0.6) is 0 Å². The Balaban J connectivity index is 3.46. The van der Waals surface area contributed by atoms with Crippen LogP contribution in [0.15, 0.2) is 0 Å². The summed E-state index contributed by atoms with van der Waals surface area (Å²) in [5.74, 6) is -0.0373. The molecule has 0 aliphatic rings. The molecule has 0 aliphatic carbocycles. The molecule has 0 aromatic heterocycles. The molecule has 28 heavy (non-hydrogen) atoms. The van der Waals surface area contributed by atoms with E-state index in [4.69, 9.17) is 4.74 Å². The van der Waals surface area contributed by atoms with Crippen molar-refractivity contribution in [1.82, 2.24) is 5.32 Å². The van der Waals surface area contributed by atoms with E-state index in [1.807, 2.05) is 0 Å². The smallest absolute Gasteiger partial charge is 0.307 e. The van der Waals surface area contributed by atoms with Gasteiger partial charge in [0, 0.05) is 6.04 Å². The maximum absolute atomic E-state index is 11.9. The second-order valence-electron chi connectivity index (χ2n) is 8.42. The summed E-state index contributed by atoms with van der Waals surface area (Å²) in [6.45, 7) is 8.01. The molecular weight excluding hydrogens is 346 g/mol. The van der Waals surface area contributed by atoms with Crippen LogP contribution in [0, 0.1) is 0 Å². The van der Waals surface area contributed by atoms with Gasteiger partial charge < -0.3 is 10.1 Å². The van der Waals surface area contributed by atoms with E-state index in [0.29, 0.717) is 13.0 Å². The fourth-order valence-electron chi connectivity index (χ4n) is 3.74. The van der Waals surface area contributed by atoms with E-state index in [2.05, 4.69) is 26.1 Å². The Bertz CT molecular complexity index is 320. The number of carbonyl (C=O) groups excluding carboxylic acids is 1. The summed E-state index contributed by atoms with van der Waals surface area (Å²) >= 11 is 0. The molecule has 0 heterocycles. The van der Waals surface area contributed by atoms with Gasteiger partial charge in [-0.15, -0.1) is 0 Å². The van der Waals surface area contributed by atoms with Crippen molar-refractivity contribution < 1.29 is 9.53 Å².